The van der Waals surface area contributed by atoms with E-state index in [4.69, 9.17) is 12.2 Å². The largest absolute Gasteiger partial charge is 0.416 e. The molecule has 0 bridgehead atoms. The molecule has 1 unspecified atom stereocenters. The Hall–Kier alpha value is -3.13. The van der Waals surface area contributed by atoms with Crippen molar-refractivity contribution >= 4 is 51.4 Å². The highest BCUT2D eigenvalue weighted by atomic mass is 32.2. The molecule has 1 aliphatic heterocycles. The van der Waals surface area contributed by atoms with Gasteiger partial charge >= 0.3 is 12.4 Å². The molecule has 1 aromatic heterocycles. The summed E-state index contributed by atoms with van der Waals surface area (Å²) in [5.41, 5.74) is -2.69. The highest BCUT2D eigenvalue weighted by molar-refractivity contribution is 8.31. The monoisotopic (exact) mass is 520 g/mol. The number of carbonyl (C=O) groups excluding carboxylic acids is 1. The first-order chi connectivity index (χ1) is 15.8. The van der Waals surface area contributed by atoms with E-state index in [1.807, 2.05) is 0 Å². The zero-order valence-electron chi connectivity index (χ0n) is 17.2. The van der Waals surface area contributed by atoms with Gasteiger partial charge in [0.1, 0.15) is 5.82 Å². The average Bonchev–Trinajstić information content (AvgIpc) is 3.28. The summed E-state index contributed by atoms with van der Waals surface area (Å²) in [6.07, 6.45) is -5.38. The van der Waals surface area contributed by atoms with Crippen LogP contribution in [0, 0.1) is 0 Å². The zero-order chi connectivity index (χ0) is 25.1. The summed E-state index contributed by atoms with van der Waals surface area (Å²) in [7, 11) is 0. The summed E-state index contributed by atoms with van der Waals surface area (Å²) >= 11 is 4.20. The van der Waals surface area contributed by atoms with E-state index >= 15 is 0 Å². The smallest absolute Gasteiger partial charge is 0.356 e. The van der Waals surface area contributed by atoms with Gasteiger partial charge in [-0.2, -0.15) is 26.3 Å². The minimum Gasteiger partial charge on any atom is -0.356 e. The molecule has 181 valence electrons. The molecule has 2 heterocycles. The molecule has 1 radical (unpaired) electrons. The topological polar surface area (TPSA) is 78.4 Å². The van der Waals surface area contributed by atoms with Gasteiger partial charge in [-0.25, -0.2) is 9.38 Å². The predicted molar refractivity (Wildman–Crippen MR) is 123 cm³/mol. The van der Waals surface area contributed by atoms with Crippen LogP contribution < -0.4 is 16.0 Å². The lowest BCUT2D eigenvalue weighted by molar-refractivity contribution is -0.143. The molecule has 6 nitrogen and oxygen atoms in total. The first-order valence-corrected chi connectivity index (χ1v) is 11.1. The third-order valence-electron chi connectivity index (χ3n) is 4.37. The highest BCUT2D eigenvalue weighted by Crippen LogP contribution is 2.37. The molecule has 0 spiro atoms. The molecular weight excluding hydrogens is 504 g/mol. The second-order valence-electron chi connectivity index (χ2n) is 6.90. The quantitative estimate of drug-likeness (QED) is 0.318. The molecule has 1 aliphatic rings. The molecule has 14 heteroatoms. The van der Waals surface area contributed by atoms with Crippen LogP contribution in [0.3, 0.4) is 0 Å². The van der Waals surface area contributed by atoms with E-state index in [9.17, 15) is 31.1 Å². The Morgan fingerprint density at radius 2 is 1.68 bits per heavy atom. The minimum absolute atomic E-state index is 0.0519. The number of nitrogens with one attached hydrogen (secondary N) is 3. The van der Waals surface area contributed by atoms with Crippen LogP contribution in [0.4, 0.5) is 42.6 Å². The number of pyridine rings is 1. The molecule has 0 saturated carbocycles. The number of benzene rings is 1. The van der Waals surface area contributed by atoms with E-state index < -0.39 is 40.6 Å². The molecule has 34 heavy (non-hydrogen) atoms. The lowest BCUT2D eigenvalue weighted by atomic mass is 10.0. The number of anilines is 2. The van der Waals surface area contributed by atoms with Gasteiger partial charge in [0, 0.05) is 17.3 Å². The van der Waals surface area contributed by atoms with Gasteiger partial charge in [-0.3, -0.25) is 4.79 Å². The lowest BCUT2D eigenvalue weighted by Gasteiger charge is -2.20. The second-order valence-corrected chi connectivity index (χ2v) is 8.79. The van der Waals surface area contributed by atoms with Crippen molar-refractivity contribution < 1.29 is 31.1 Å². The van der Waals surface area contributed by atoms with Crippen molar-refractivity contribution in [3.63, 3.8) is 0 Å². The number of aromatic nitrogens is 1. The number of amides is 1. The molecule has 3 N–H and O–H groups in total. The van der Waals surface area contributed by atoms with E-state index in [0.29, 0.717) is 17.8 Å². The van der Waals surface area contributed by atoms with Crippen LogP contribution >= 0.6 is 23.3 Å². The maximum absolute atomic E-state index is 13.1. The highest BCUT2D eigenvalue weighted by Gasteiger charge is 2.37. The third kappa shape index (κ3) is 6.70. The van der Waals surface area contributed by atoms with Gasteiger partial charge in [-0.05, 0) is 66.5 Å². The van der Waals surface area contributed by atoms with Crippen LogP contribution in [0.2, 0.25) is 0 Å². The number of halogens is 6. The summed E-state index contributed by atoms with van der Waals surface area (Å²) in [4.78, 5) is 16.1. The lowest BCUT2D eigenvalue weighted by Crippen LogP contribution is -2.31. The number of hydrogen-bond donors (Lipinski definition) is 3. The Labute approximate surface area is 198 Å². The van der Waals surface area contributed by atoms with Crippen LogP contribution in [0.1, 0.15) is 29.7 Å². The van der Waals surface area contributed by atoms with Crippen molar-refractivity contribution in [3.05, 3.63) is 64.7 Å². The predicted octanol–water partition coefficient (Wildman–Crippen LogP) is 6.48. The van der Waals surface area contributed by atoms with Gasteiger partial charge in [0.05, 0.1) is 29.1 Å². The Morgan fingerprint density at radius 1 is 1.03 bits per heavy atom. The average molecular weight is 521 g/mol. The molecule has 1 amide bonds. The van der Waals surface area contributed by atoms with Crippen molar-refractivity contribution in [2.75, 3.05) is 10.6 Å². The molecule has 2 aromatic rings. The van der Waals surface area contributed by atoms with Crippen molar-refractivity contribution in [1.29, 1.82) is 0 Å². The van der Waals surface area contributed by atoms with Crippen molar-refractivity contribution in [2.24, 2.45) is 4.40 Å². The standard InChI is InChI=1S/C20H16F6N5OS2/c1-11(12-7-13(19(21,22)23)9-14(8-12)20(24,25)26)29-17(33)30-15-3-4-16(27-10-15)31-18(32)34-6-2-5-28-34/h2-11H,1H3,(H,27,31,32)(H2,29,30,33). The minimum atomic E-state index is -4.95. The Kier molecular flexibility index (Phi) is 7.51. The molecule has 3 rings (SSSR count). The maximum atomic E-state index is 13.1. The fraction of sp³-hybridized carbons (Fsp3) is 0.200. The maximum Gasteiger partial charge on any atom is 0.416 e. The molecular formula is C20H16F6N5OS2. The van der Waals surface area contributed by atoms with E-state index in [-0.39, 0.29) is 27.8 Å². The summed E-state index contributed by atoms with van der Waals surface area (Å²) in [6.45, 7) is 1.38. The Morgan fingerprint density at radius 3 is 2.18 bits per heavy atom. The fourth-order valence-corrected chi connectivity index (χ4v) is 3.94. The van der Waals surface area contributed by atoms with Crippen LogP contribution in [0.5, 0.6) is 0 Å². The van der Waals surface area contributed by atoms with Gasteiger partial charge in [-0.15, -0.1) is 0 Å². The van der Waals surface area contributed by atoms with Gasteiger partial charge < -0.3 is 16.0 Å². The van der Waals surface area contributed by atoms with E-state index in [0.717, 1.165) is 0 Å². The number of alkyl halides is 6. The van der Waals surface area contributed by atoms with Crippen LogP contribution in [0.15, 0.2) is 52.4 Å². The van der Waals surface area contributed by atoms with Crippen LogP contribution in [-0.4, -0.2) is 21.6 Å². The van der Waals surface area contributed by atoms with Gasteiger partial charge in [0.25, 0.3) is 5.24 Å². The number of rotatable bonds is 4. The molecule has 1 aromatic carbocycles. The summed E-state index contributed by atoms with van der Waals surface area (Å²) in [5, 5.41) is 9.22. The van der Waals surface area contributed by atoms with Crippen LogP contribution in [0.25, 0.3) is 0 Å². The van der Waals surface area contributed by atoms with Crippen LogP contribution in [-0.2, 0) is 12.4 Å². The van der Waals surface area contributed by atoms with E-state index in [1.54, 1.807) is 11.5 Å². The SMILES string of the molecule is CC(NC(=S)Nc1ccc(NC(=O)[S]2C=CC=N2)nc1)c1cc(C(F)(F)F)cc(C(F)(F)F)c1. The van der Waals surface area contributed by atoms with Crippen molar-refractivity contribution in [1.82, 2.24) is 10.3 Å². The van der Waals surface area contributed by atoms with E-state index in [1.165, 1.54) is 31.5 Å². The Balaban J connectivity index is 1.65. The number of hydrogen-bond acceptors (Lipinski definition) is 4. The summed E-state index contributed by atoms with van der Waals surface area (Å²) in [6, 6.07) is 3.38. The Bertz CT molecular complexity index is 1090. The van der Waals surface area contributed by atoms with Gasteiger partial charge in [0.15, 0.2) is 5.11 Å². The van der Waals surface area contributed by atoms with Gasteiger partial charge in [0.2, 0.25) is 0 Å². The van der Waals surface area contributed by atoms with Crippen molar-refractivity contribution in [2.45, 2.75) is 25.3 Å². The fourth-order valence-electron chi connectivity index (χ4n) is 2.73. The number of carbonyl (C=O) groups is 1. The number of allylic oxidation sites excluding steroid dienone is 1. The first kappa shape index (κ1) is 25.5. The normalized spacial score (nSPS) is 14.7. The summed E-state index contributed by atoms with van der Waals surface area (Å²) < 4.78 is 82.5. The zero-order valence-corrected chi connectivity index (χ0v) is 18.8. The van der Waals surface area contributed by atoms with Gasteiger partial charge in [-0.1, -0.05) is 0 Å². The number of thiocarbonyl (C=S) groups is 1. The third-order valence-corrected chi connectivity index (χ3v) is 5.83. The molecule has 0 fully saturated rings. The summed E-state index contributed by atoms with van der Waals surface area (Å²) in [5.74, 6) is 0.259. The number of nitrogens with zero attached hydrogens (tertiary/aromatic N) is 2. The van der Waals surface area contributed by atoms with E-state index in [2.05, 4.69) is 25.3 Å². The first-order valence-electron chi connectivity index (χ1n) is 9.41. The van der Waals surface area contributed by atoms with Crippen molar-refractivity contribution in [3.8, 4) is 0 Å². The molecule has 0 aliphatic carbocycles. The molecule has 0 saturated heterocycles. The molecule has 1 atom stereocenters. The second kappa shape index (κ2) is 10.0.